The average molecular weight is 394 g/mol. The molecular weight excluding hydrogens is 371 g/mol. The Morgan fingerprint density at radius 2 is 1.90 bits per heavy atom. The van der Waals surface area contributed by atoms with E-state index >= 15 is 0 Å². The van der Waals surface area contributed by atoms with E-state index in [1.165, 1.54) is 12.1 Å². The van der Waals surface area contributed by atoms with Gasteiger partial charge in [-0.2, -0.15) is 5.10 Å². The number of nitrogens with zero attached hydrogens (tertiary/aromatic N) is 2. The fourth-order valence-electron chi connectivity index (χ4n) is 3.49. The van der Waals surface area contributed by atoms with Gasteiger partial charge >= 0.3 is 0 Å². The van der Waals surface area contributed by atoms with Crippen molar-refractivity contribution in [1.82, 2.24) is 9.78 Å². The third-order valence-electron chi connectivity index (χ3n) is 4.84. The highest BCUT2D eigenvalue weighted by Gasteiger charge is 2.31. The first kappa shape index (κ1) is 20.3. The number of benzene rings is 2. The van der Waals surface area contributed by atoms with Gasteiger partial charge in [-0.05, 0) is 43.7 Å². The molecule has 3 aromatic rings. The number of hydrogen-bond donors (Lipinski definition) is 2. The van der Waals surface area contributed by atoms with Crippen LogP contribution >= 0.6 is 0 Å². The lowest BCUT2D eigenvalue weighted by molar-refractivity contribution is -0.116. The van der Waals surface area contributed by atoms with Gasteiger partial charge in [0.15, 0.2) is 0 Å². The van der Waals surface area contributed by atoms with Crippen LogP contribution in [0.15, 0.2) is 48.5 Å². The second-order valence-electron chi connectivity index (χ2n) is 7.06. The summed E-state index contributed by atoms with van der Waals surface area (Å²) < 4.78 is 14.7. The molecule has 1 aliphatic heterocycles. The third-order valence-corrected chi connectivity index (χ3v) is 4.84. The first-order valence-corrected chi connectivity index (χ1v) is 9.21. The van der Waals surface area contributed by atoms with Gasteiger partial charge in [0.2, 0.25) is 11.8 Å². The van der Waals surface area contributed by atoms with Gasteiger partial charge in [-0.25, -0.2) is 4.39 Å². The Balaban J connectivity index is 0.000000204. The highest BCUT2D eigenvalue weighted by Crippen LogP contribution is 2.38. The molecule has 0 radical (unpaired) electrons. The van der Waals surface area contributed by atoms with E-state index in [1.807, 2.05) is 26.0 Å². The topological polar surface area (TPSA) is 90.0 Å². The monoisotopic (exact) mass is 394 g/mol. The number of nitrogens with two attached hydrogens (primary N) is 1. The molecule has 2 amide bonds. The summed E-state index contributed by atoms with van der Waals surface area (Å²) in [5, 5.41) is 7.20. The highest BCUT2D eigenvalue weighted by atomic mass is 19.1. The predicted octanol–water partition coefficient (Wildman–Crippen LogP) is 3.44. The van der Waals surface area contributed by atoms with Crippen LogP contribution in [0.1, 0.15) is 45.1 Å². The van der Waals surface area contributed by atoms with Gasteiger partial charge in [-0.15, -0.1) is 0 Å². The van der Waals surface area contributed by atoms with Gasteiger partial charge in [-0.3, -0.25) is 14.3 Å². The molecule has 29 heavy (non-hydrogen) atoms. The summed E-state index contributed by atoms with van der Waals surface area (Å²) >= 11 is 0. The van der Waals surface area contributed by atoms with Gasteiger partial charge in [0.1, 0.15) is 11.6 Å². The first-order chi connectivity index (χ1) is 13.8. The smallest absolute Gasteiger partial charge is 0.248 e. The molecule has 2 heterocycles. The molecule has 2 aromatic carbocycles. The van der Waals surface area contributed by atoms with E-state index in [-0.39, 0.29) is 23.5 Å². The van der Waals surface area contributed by atoms with Gasteiger partial charge in [0, 0.05) is 30.5 Å². The summed E-state index contributed by atoms with van der Waals surface area (Å²) in [6.45, 7) is 3.85. The molecule has 0 saturated carbocycles. The molecule has 0 fully saturated rings. The lowest BCUT2D eigenvalue weighted by Gasteiger charge is -2.24. The predicted molar refractivity (Wildman–Crippen MR) is 109 cm³/mol. The van der Waals surface area contributed by atoms with Crippen LogP contribution in [0.3, 0.4) is 0 Å². The maximum Gasteiger partial charge on any atom is 0.248 e. The number of aromatic nitrogens is 2. The molecule has 0 bridgehead atoms. The van der Waals surface area contributed by atoms with Crippen LogP contribution in [0.4, 0.5) is 10.2 Å². The Bertz CT molecular complexity index is 1060. The van der Waals surface area contributed by atoms with Crippen LogP contribution in [0.25, 0.3) is 0 Å². The Labute approximate surface area is 168 Å². The normalized spacial score (nSPS) is 15.0. The van der Waals surface area contributed by atoms with Crippen molar-refractivity contribution < 1.29 is 14.0 Å². The minimum Gasteiger partial charge on any atom is -0.366 e. The standard InChI is InChI=1S/C14H14FN3O.C8H9NO/c1-8-13-11(9-3-5-10(15)6-4-9)7-12(19)16-14(13)18(2)17-8;1-6-3-2-4-7(5-6)8(9)10/h3-6,11H,7H2,1-2H3,(H,16,19);2-5H,1H3,(H2,9,10). The SMILES string of the molecule is Cc1cccc(C(N)=O)c1.Cc1nn(C)c2c1C(c1ccc(F)cc1)CC(=O)N2. The van der Waals surface area contributed by atoms with Crippen molar-refractivity contribution in [3.63, 3.8) is 0 Å². The van der Waals surface area contributed by atoms with Crippen LogP contribution in [0.2, 0.25) is 0 Å². The van der Waals surface area contributed by atoms with Gasteiger partial charge in [0.25, 0.3) is 0 Å². The Morgan fingerprint density at radius 1 is 1.21 bits per heavy atom. The van der Waals surface area contributed by atoms with Crippen LogP contribution in [0.5, 0.6) is 0 Å². The average Bonchev–Trinajstić information content (AvgIpc) is 2.96. The van der Waals surface area contributed by atoms with Crippen LogP contribution < -0.4 is 11.1 Å². The van der Waals surface area contributed by atoms with E-state index in [0.717, 1.165) is 28.2 Å². The molecule has 0 saturated heterocycles. The van der Waals surface area contributed by atoms with Crippen molar-refractivity contribution in [2.24, 2.45) is 12.8 Å². The molecule has 150 valence electrons. The maximum atomic E-state index is 13.0. The number of fused-ring (bicyclic) bond motifs is 1. The molecule has 6 nitrogen and oxygen atoms in total. The summed E-state index contributed by atoms with van der Waals surface area (Å²) in [7, 11) is 1.80. The fourth-order valence-corrected chi connectivity index (χ4v) is 3.49. The number of halogens is 1. The molecule has 0 spiro atoms. The zero-order valence-corrected chi connectivity index (χ0v) is 16.6. The van der Waals surface area contributed by atoms with E-state index in [4.69, 9.17) is 5.73 Å². The number of amides is 2. The number of aryl methyl sites for hydroxylation is 3. The summed E-state index contributed by atoms with van der Waals surface area (Å²) in [5.41, 5.74) is 9.52. The molecule has 1 atom stereocenters. The summed E-state index contributed by atoms with van der Waals surface area (Å²) in [6.07, 6.45) is 0.366. The number of carbonyl (C=O) groups excluding carboxylic acids is 2. The van der Waals surface area contributed by atoms with Gasteiger partial charge < -0.3 is 11.1 Å². The molecule has 1 unspecified atom stereocenters. The number of carbonyl (C=O) groups is 2. The number of rotatable bonds is 2. The van der Waals surface area contributed by atoms with Crippen molar-refractivity contribution >= 4 is 17.6 Å². The quantitative estimate of drug-likeness (QED) is 0.698. The van der Waals surface area contributed by atoms with Crippen LogP contribution in [-0.2, 0) is 11.8 Å². The van der Waals surface area contributed by atoms with E-state index in [0.29, 0.717) is 12.0 Å². The maximum absolute atomic E-state index is 13.0. The van der Waals surface area contributed by atoms with Crippen molar-refractivity contribution in [3.05, 3.63) is 82.3 Å². The largest absolute Gasteiger partial charge is 0.366 e. The third kappa shape index (κ3) is 4.51. The molecular formula is C22H23FN4O2. The van der Waals surface area contributed by atoms with Crippen molar-refractivity contribution in [3.8, 4) is 0 Å². The Hall–Kier alpha value is -3.48. The molecule has 0 aliphatic carbocycles. The molecule has 4 rings (SSSR count). The lowest BCUT2D eigenvalue weighted by atomic mass is 9.86. The van der Waals surface area contributed by atoms with E-state index in [1.54, 1.807) is 36.0 Å². The second kappa shape index (κ2) is 8.26. The molecule has 1 aromatic heterocycles. The molecule has 7 heteroatoms. The van der Waals surface area contributed by atoms with Crippen molar-refractivity contribution in [2.75, 3.05) is 5.32 Å². The van der Waals surface area contributed by atoms with E-state index in [9.17, 15) is 14.0 Å². The number of nitrogens with one attached hydrogen (secondary N) is 1. The first-order valence-electron chi connectivity index (χ1n) is 9.21. The zero-order chi connectivity index (χ0) is 21.1. The zero-order valence-electron chi connectivity index (χ0n) is 16.6. The van der Waals surface area contributed by atoms with Gasteiger partial charge in [-0.1, -0.05) is 29.8 Å². The van der Waals surface area contributed by atoms with Crippen LogP contribution in [-0.4, -0.2) is 21.6 Å². The minimum atomic E-state index is -0.372. The lowest BCUT2D eigenvalue weighted by Crippen LogP contribution is -2.24. The number of anilines is 1. The minimum absolute atomic E-state index is 0.0372. The fraction of sp³-hybridized carbons (Fsp3) is 0.227. The summed E-state index contributed by atoms with van der Waals surface area (Å²) in [6, 6.07) is 13.5. The Kier molecular flexibility index (Phi) is 5.77. The van der Waals surface area contributed by atoms with E-state index < -0.39 is 0 Å². The summed E-state index contributed by atoms with van der Waals surface area (Å²) in [4.78, 5) is 22.4. The van der Waals surface area contributed by atoms with Crippen molar-refractivity contribution in [1.29, 1.82) is 0 Å². The van der Waals surface area contributed by atoms with Crippen molar-refractivity contribution in [2.45, 2.75) is 26.2 Å². The molecule has 3 N–H and O–H groups in total. The molecule has 1 aliphatic rings. The Morgan fingerprint density at radius 3 is 2.48 bits per heavy atom. The second-order valence-corrected chi connectivity index (χ2v) is 7.06. The van der Waals surface area contributed by atoms with Crippen LogP contribution in [0, 0.1) is 19.7 Å². The van der Waals surface area contributed by atoms with Gasteiger partial charge in [0.05, 0.1) is 5.69 Å². The number of hydrogen-bond acceptors (Lipinski definition) is 3. The summed E-state index contributed by atoms with van der Waals surface area (Å²) in [5.74, 6) is 0.00166. The highest BCUT2D eigenvalue weighted by molar-refractivity contribution is 5.94. The number of primary amides is 1. The van der Waals surface area contributed by atoms with E-state index in [2.05, 4.69) is 10.4 Å².